The van der Waals surface area contributed by atoms with E-state index < -0.39 is 0 Å². The number of nitrogens with zero attached hydrogens (tertiary/aromatic N) is 2. The summed E-state index contributed by atoms with van der Waals surface area (Å²) in [6.45, 7) is 2.42. The van der Waals surface area contributed by atoms with Gasteiger partial charge in [-0.15, -0.1) is 0 Å². The summed E-state index contributed by atoms with van der Waals surface area (Å²) in [6, 6.07) is 4.45. The molecular weight excluding hydrogens is 411 g/mol. The van der Waals surface area contributed by atoms with Crippen LogP contribution < -0.4 is 10.1 Å². The second-order valence-corrected chi connectivity index (χ2v) is 8.94. The Balaban J connectivity index is 1.49. The Labute approximate surface area is 185 Å². The number of halogens is 1. The maximum absolute atomic E-state index is 14.2. The molecule has 3 aromatic rings. The van der Waals surface area contributed by atoms with Gasteiger partial charge in [-0.25, -0.2) is 14.4 Å². The Morgan fingerprint density at radius 3 is 2.75 bits per heavy atom. The first-order valence-electron chi connectivity index (χ1n) is 11.2. The van der Waals surface area contributed by atoms with Crippen LogP contribution >= 0.6 is 0 Å². The Hall–Kier alpha value is -3.00. The largest absolute Gasteiger partial charge is 0.493 e. The predicted molar refractivity (Wildman–Crippen MR) is 118 cm³/mol. The molecule has 2 heterocycles. The number of benzene rings is 1. The number of rotatable bonds is 6. The fraction of sp³-hybridized carbons (Fsp3) is 0.458. The van der Waals surface area contributed by atoms with Crippen molar-refractivity contribution in [2.45, 2.75) is 57.6 Å². The molecule has 1 amide bonds. The maximum Gasteiger partial charge on any atom is 0.255 e. The minimum absolute atomic E-state index is 0.0298. The SMILES string of the molecule is Cc1[nH]c2c(-c3cc(F)ccc3OCC3CC3)ncnc2c1C(=O)N[C@H]1CC[C@H](O)CC1. The number of hydrogen-bond acceptors (Lipinski definition) is 5. The third kappa shape index (κ3) is 4.19. The molecule has 32 heavy (non-hydrogen) atoms. The average molecular weight is 439 g/mol. The third-order valence-corrected chi connectivity index (χ3v) is 6.40. The van der Waals surface area contributed by atoms with Crippen LogP contribution in [0.2, 0.25) is 0 Å². The zero-order chi connectivity index (χ0) is 22.2. The van der Waals surface area contributed by atoms with Crippen LogP contribution in [0.5, 0.6) is 5.75 Å². The molecule has 2 saturated carbocycles. The van der Waals surface area contributed by atoms with Crippen LogP contribution in [0.15, 0.2) is 24.5 Å². The first kappa shape index (κ1) is 20.9. The van der Waals surface area contributed by atoms with Crippen LogP contribution in [0, 0.1) is 18.7 Å². The first-order valence-corrected chi connectivity index (χ1v) is 11.2. The number of nitrogens with one attached hydrogen (secondary N) is 2. The lowest BCUT2D eigenvalue weighted by Crippen LogP contribution is -2.38. The van der Waals surface area contributed by atoms with Gasteiger partial charge in [0.2, 0.25) is 0 Å². The van der Waals surface area contributed by atoms with E-state index in [4.69, 9.17) is 4.74 Å². The van der Waals surface area contributed by atoms with E-state index in [0.29, 0.717) is 64.7 Å². The second kappa shape index (κ2) is 8.50. The van der Waals surface area contributed by atoms with Crippen molar-refractivity contribution in [2.75, 3.05) is 6.61 Å². The van der Waals surface area contributed by atoms with Crippen LogP contribution in [0.4, 0.5) is 4.39 Å². The van der Waals surface area contributed by atoms with E-state index in [9.17, 15) is 14.3 Å². The van der Waals surface area contributed by atoms with Crippen LogP contribution in [0.25, 0.3) is 22.3 Å². The molecule has 5 rings (SSSR count). The van der Waals surface area contributed by atoms with Gasteiger partial charge in [0.05, 0.1) is 23.8 Å². The molecule has 0 aliphatic heterocycles. The number of aliphatic hydroxyl groups excluding tert-OH is 1. The van der Waals surface area contributed by atoms with E-state index in [1.807, 2.05) is 6.92 Å². The molecule has 3 N–H and O–H groups in total. The summed E-state index contributed by atoms with van der Waals surface area (Å²) in [4.78, 5) is 25.1. The molecule has 0 spiro atoms. The lowest BCUT2D eigenvalue weighted by atomic mass is 9.93. The highest BCUT2D eigenvalue weighted by Gasteiger charge is 2.26. The molecule has 0 bridgehead atoms. The van der Waals surface area contributed by atoms with Crippen molar-refractivity contribution in [3.05, 3.63) is 41.6 Å². The van der Waals surface area contributed by atoms with Crippen LogP contribution in [0.3, 0.4) is 0 Å². The third-order valence-electron chi connectivity index (χ3n) is 6.40. The van der Waals surface area contributed by atoms with Crippen molar-refractivity contribution in [1.82, 2.24) is 20.3 Å². The van der Waals surface area contributed by atoms with Crippen molar-refractivity contribution in [2.24, 2.45) is 5.92 Å². The second-order valence-electron chi connectivity index (χ2n) is 8.94. The van der Waals surface area contributed by atoms with Gasteiger partial charge in [-0.3, -0.25) is 4.79 Å². The smallest absolute Gasteiger partial charge is 0.255 e. The molecule has 2 aromatic heterocycles. The summed E-state index contributed by atoms with van der Waals surface area (Å²) in [7, 11) is 0. The molecule has 0 radical (unpaired) electrons. The van der Waals surface area contributed by atoms with E-state index in [1.165, 1.54) is 18.5 Å². The van der Waals surface area contributed by atoms with E-state index in [-0.39, 0.29) is 23.9 Å². The number of hydrogen-bond donors (Lipinski definition) is 3. The number of H-pyrrole nitrogens is 1. The highest BCUT2D eigenvalue weighted by atomic mass is 19.1. The summed E-state index contributed by atoms with van der Waals surface area (Å²) in [5, 5.41) is 12.8. The van der Waals surface area contributed by atoms with Gasteiger partial charge in [0.25, 0.3) is 5.91 Å². The molecule has 2 aliphatic carbocycles. The quantitative estimate of drug-likeness (QED) is 0.542. The number of ether oxygens (including phenoxy) is 1. The standard InChI is InChI=1S/C24H27FN4O3/c1-13-20(24(31)29-16-5-7-17(30)8-6-16)22-23(28-13)21(26-12-27-22)18-10-15(25)4-9-19(18)32-11-14-2-3-14/h4,9-10,12,14,16-17,28,30H,2-3,5-8,11H2,1H3,(H,29,31)/t16-,17-. The zero-order valence-corrected chi connectivity index (χ0v) is 18.0. The van der Waals surface area contributed by atoms with E-state index in [0.717, 1.165) is 25.7 Å². The number of aromatic nitrogens is 3. The normalized spacial score (nSPS) is 21.0. The molecule has 7 nitrogen and oxygen atoms in total. The molecule has 168 valence electrons. The van der Waals surface area contributed by atoms with E-state index >= 15 is 0 Å². The lowest BCUT2D eigenvalue weighted by molar-refractivity contribution is 0.0868. The van der Waals surface area contributed by atoms with Gasteiger partial charge >= 0.3 is 0 Å². The number of carbonyl (C=O) groups is 1. The highest BCUT2D eigenvalue weighted by molar-refractivity contribution is 6.09. The molecule has 2 fully saturated rings. The summed E-state index contributed by atoms with van der Waals surface area (Å²) in [5.41, 5.74) is 3.25. The minimum atomic E-state index is -0.383. The molecule has 0 atom stereocenters. The Bertz CT molecular complexity index is 1150. The molecule has 2 aliphatic rings. The summed E-state index contributed by atoms with van der Waals surface area (Å²) < 4.78 is 20.1. The van der Waals surface area contributed by atoms with Gasteiger partial charge < -0.3 is 20.1 Å². The molecule has 0 unspecified atom stereocenters. The highest BCUT2D eigenvalue weighted by Crippen LogP contribution is 2.36. The summed E-state index contributed by atoms with van der Waals surface area (Å²) in [6.07, 6.45) is 6.30. The number of fused-ring (bicyclic) bond motifs is 1. The van der Waals surface area contributed by atoms with Gasteiger partial charge in [0.1, 0.15) is 29.1 Å². The Morgan fingerprint density at radius 1 is 1.22 bits per heavy atom. The van der Waals surface area contributed by atoms with Crippen molar-refractivity contribution < 1.29 is 19.0 Å². The van der Waals surface area contributed by atoms with Gasteiger partial charge in [-0.1, -0.05) is 0 Å². The van der Waals surface area contributed by atoms with Crippen LogP contribution in [-0.4, -0.2) is 44.7 Å². The number of aryl methyl sites for hydroxylation is 1. The van der Waals surface area contributed by atoms with Crippen molar-refractivity contribution in [3.8, 4) is 17.0 Å². The average Bonchev–Trinajstić information content (AvgIpc) is 3.54. The van der Waals surface area contributed by atoms with Crippen molar-refractivity contribution in [1.29, 1.82) is 0 Å². The van der Waals surface area contributed by atoms with Crippen LogP contribution in [0.1, 0.15) is 54.6 Å². The van der Waals surface area contributed by atoms with Gasteiger partial charge in [0, 0.05) is 17.3 Å². The first-order chi connectivity index (χ1) is 15.5. The fourth-order valence-electron chi connectivity index (χ4n) is 4.39. The minimum Gasteiger partial charge on any atom is -0.493 e. The number of amides is 1. The number of carbonyl (C=O) groups excluding carboxylic acids is 1. The molecular formula is C24H27FN4O3. The van der Waals surface area contributed by atoms with Gasteiger partial charge in [-0.05, 0) is 69.6 Å². The monoisotopic (exact) mass is 438 g/mol. The van der Waals surface area contributed by atoms with Crippen LogP contribution in [-0.2, 0) is 0 Å². The zero-order valence-electron chi connectivity index (χ0n) is 18.0. The van der Waals surface area contributed by atoms with Gasteiger partial charge in [-0.2, -0.15) is 0 Å². The number of aliphatic hydroxyl groups is 1. The van der Waals surface area contributed by atoms with Crippen molar-refractivity contribution in [3.63, 3.8) is 0 Å². The summed E-state index contributed by atoms with van der Waals surface area (Å²) >= 11 is 0. The van der Waals surface area contributed by atoms with E-state index in [1.54, 1.807) is 6.07 Å². The predicted octanol–water partition coefficient (Wildman–Crippen LogP) is 3.89. The maximum atomic E-state index is 14.2. The van der Waals surface area contributed by atoms with Gasteiger partial charge in [0.15, 0.2) is 0 Å². The van der Waals surface area contributed by atoms with E-state index in [2.05, 4.69) is 20.3 Å². The topological polar surface area (TPSA) is 100 Å². The summed E-state index contributed by atoms with van der Waals surface area (Å²) in [5.74, 6) is 0.537. The number of aromatic amines is 1. The van der Waals surface area contributed by atoms with Crippen molar-refractivity contribution >= 4 is 16.9 Å². The fourth-order valence-corrected chi connectivity index (χ4v) is 4.39. The molecule has 0 saturated heterocycles. The molecule has 8 heteroatoms. The Morgan fingerprint density at radius 2 is 2.00 bits per heavy atom. The Kier molecular flexibility index (Phi) is 5.55. The molecule has 1 aromatic carbocycles. The lowest BCUT2D eigenvalue weighted by Gasteiger charge is -2.26.